The first-order valence-electron chi connectivity index (χ1n) is 22.8. The number of esters is 2. The minimum absolute atomic E-state index is 0.0680. The lowest BCUT2D eigenvalue weighted by Gasteiger charge is -2.30. The van der Waals surface area contributed by atoms with Gasteiger partial charge in [-0.25, -0.2) is 14.4 Å². The second-order valence-corrected chi connectivity index (χ2v) is 18.0. The zero-order valence-electron chi connectivity index (χ0n) is 41.5. The molecule has 9 atom stereocenters. The van der Waals surface area contributed by atoms with Crippen molar-refractivity contribution in [1.82, 2.24) is 42.5 Å². The maximum Gasteiger partial charge on any atom is 0.490 e. The van der Waals surface area contributed by atoms with Gasteiger partial charge >= 0.3 is 30.3 Å². The van der Waals surface area contributed by atoms with E-state index in [1.165, 1.54) is 5.32 Å². The molecule has 0 aliphatic rings. The van der Waals surface area contributed by atoms with Crippen LogP contribution in [0, 0.1) is 29.1 Å². The SMILES string of the molecule is CC[C@H](C)[C@H](NC(=O)[C@@H](CCCNC(=N)N)NC(=O)[C@H](CC(C)C)NC(=O)[C@@H](N)[C@H](O)C(C)C)C(=O)N[C@@H](CC(C)C)C(=O)NCC(=O)N[C@@H](COC(=O)C(F)(F)F)C(=O)N[C@@H](COC(=O)C(F)(F)F)C(=O)O. The number of aliphatic hydroxyl groups excluding tert-OH is 1. The Morgan fingerprint density at radius 2 is 1.04 bits per heavy atom. The fraction of sp³-hybridized carbons (Fsp3) is 0.738. The molecule has 0 aromatic carbocycles. The first kappa shape index (κ1) is 66.5. The summed E-state index contributed by atoms with van der Waals surface area (Å²) in [5, 5.41) is 45.3. The summed E-state index contributed by atoms with van der Waals surface area (Å²) in [5.41, 5.74) is 11.3. The summed E-state index contributed by atoms with van der Waals surface area (Å²) in [4.78, 5) is 128. The van der Waals surface area contributed by atoms with Gasteiger partial charge in [-0.1, -0.05) is 61.8 Å². The molecule has 7 amide bonds. The maximum absolute atomic E-state index is 14.1. The van der Waals surface area contributed by atoms with Crippen LogP contribution in [0.25, 0.3) is 0 Å². The van der Waals surface area contributed by atoms with Gasteiger partial charge in [0, 0.05) is 6.54 Å². The lowest BCUT2D eigenvalue weighted by atomic mass is 9.96. The summed E-state index contributed by atoms with van der Waals surface area (Å²) >= 11 is 0. The van der Waals surface area contributed by atoms with Gasteiger partial charge in [0.1, 0.15) is 49.5 Å². The van der Waals surface area contributed by atoms with Gasteiger partial charge in [-0.3, -0.25) is 39.0 Å². The van der Waals surface area contributed by atoms with Gasteiger partial charge < -0.3 is 73.7 Å². The number of nitrogens with two attached hydrogens (primary N) is 2. The lowest BCUT2D eigenvalue weighted by molar-refractivity contribution is -0.201. The van der Waals surface area contributed by atoms with Gasteiger partial charge in [-0.2, -0.15) is 26.3 Å². The minimum atomic E-state index is -5.64. The molecule has 0 saturated heterocycles. The zero-order valence-corrected chi connectivity index (χ0v) is 41.5. The smallest absolute Gasteiger partial charge is 0.480 e. The molecule has 418 valence electrons. The number of hydrogen-bond acceptors (Lipinski definition) is 15. The van der Waals surface area contributed by atoms with Crippen molar-refractivity contribution in [3.05, 3.63) is 0 Å². The molecule has 73 heavy (non-hydrogen) atoms. The quantitative estimate of drug-likeness (QED) is 0.0118. The van der Waals surface area contributed by atoms with Crippen LogP contribution in [0.1, 0.15) is 87.5 Å². The molecule has 0 aliphatic heterocycles. The lowest BCUT2D eigenvalue weighted by Crippen LogP contribution is -2.61. The first-order valence-corrected chi connectivity index (χ1v) is 22.8. The summed E-state index contributed by atoms with van der Waals surface area (Å²) in [5.74, 6) is -17.6. The number of carboxylic acids is 1. The number of guanidine groups is 1. The van der Waals surface area contributed by atoms with Crippen LogP contribution in [0.2, 0.25) is 0 Å². The number of aliphatic hydroxyl groups is 1. The summed E-state index contributed by atoms with van der Waals surface area (Å²) in [6.07, 6.45) is -12.3. The molecule has 0 aliphatic carbocycles. The highest BCUT2D eigenvalue weighted by Gasteiger charge is 2.44. The van der Waals surface area contributed by atoms with Crippen LogP contribution in [-0.4, -0.2) is 162 Å². The average Bonchev–Trinajstić information content (AvgIpc) is 3.27. The van der Waals surface area contributed by atoms with Crippen LogP contribution >= 0.6 is 0 Å². The first-order chi connectivity index (χ1) is 33.5. The number of nitrogens with one attached hydrogen (secondary N) is 9. The van der Waals surface area contributed by atoms with Crippen molar-refractivity contribution in [2.45, 2.75) is 148 Å². The topological polar surface area (TPSA) is 402 Å². The largest absolute Gasteiger partial charge is 0.490 e. The van der Waals surface area contributed by atoms with Gasteiger partial charge in [0.15, 0.2) is 12.0 Å². The Kier molecular flexibility index (Phi) is 28.4. The molecular weight excluding hydrogens is 997 g/mol. The van der Waals surface area contributed by atoms with Crippen LogP contribution in [0.3, 0.4) is 0 Å². The molecule has 0 bridgehead atoms. The summed E-state index contributed by atoms with van der Waals surface area (Å²) in [7, 11) is 0. The summed E-state index contributed by atoms with van der Waals surface area (Å²) in [6.45, 7) is 8.92. The number of carboxylic acid groups (broad SMARTS) is 1. The average molecular weight is 1070 g/mol. The molecule has 0 saturated carbocycles. The highest BCUT2D eigenvalue weighted by atomic mass is 19.4. The molecule has 0 fully saturated rings. The summed E-state index contributed by atoms with van der Waals surface area (Å²) < 4.78 is 84.2. The van der Waals surface area contributed by atoms with Crippen molar-refractivity contribution >= 4 is 65.2 Å². The fourth-order valence-electron chi connectivity index (χ4n) is 6.18. The van der Waals surface area contributed by atoms with Gasteiger partial charge in [0.05, 0.1) is 12.6 Å². The van der Waals surface area contributed by atoms with Crippen molar-refractivity contribution in [2.75, 3.05) is 26.3 Å². The monoisotopic (exact) mass is 1070 g/mol. The van der Waals surface area contributed by atoms with E-state index < -0.39 is 152 Å². The molecule has 25 nitrogen and oxygen atoms in total. The van der Waals surface area contributed by atoms with E-state index >= 15 is 0 Å². The van der Waals surface area contributed by atoms with Crippen LogP contribution in [-0.2, 0) is 57.4 Å². The number of ether oxygens (including phenoxy) is 2. The Morgan fingerprint density at radius 1 is 0.603 bits per heavy atom. The highest BCUT2D eigenvalue weighted by Crippen LogP contribution is 2.18. The number of amides is 7. The van der Waals surface area contributed by atoms with Crippen molar-refractivity contribution in [3.8, 4) is 0 Å². The highest BCUT2D eigenvalue weighted by molar-refractivity contribution is 5.97. The number of carbonyl (C=O) groups is 10. The predicted molar refractivity (Wildman–Crippen MR) is 243 cm³/mol. The summed E-state index contributed by atoms with van der Waals surface area (Å²) in [6, 6.07) is -11.8. The van der Waals surface area contributed by atoms with Gasteiger partial charge in [0.25, 0.3) is 0 Å². The van der Waals surface area contributed by atoms with E-state index in [2.05, 4.69) is 41.4 Å². The number of aliphatic carboxylic acids is 1. The van der Waals surface area contributed by atoms with Crippen molar-refractivity contribution < 1.29 is 94.0 Å². The molecular formula is C42H69F6N11O14. The molecule has 0 heterocycles. The number of rotatable bonds is 31. The van der Waals surface area contributed by atoms with E-state index in [1.54, 1.807) is 60.7 Å². The van der Waals surface area contributed by atoms with Gasteiger partial charge in [-0.15, -0.1) is 0 Å². The minimum Gasteiger partial charge on any atom is -0.480 e. The number of halogens is 6. The molecule has 0 aromatic heterocycles. The number of alkyl halides is 6. The maximum atomic E-state index is 14.1. The van der Waals surface area contributed by atoms with E-state index in [4.69, 9.17) is 16.9 Å². The van der Waals surface area contributed by atoms with E-state index in [-0.39, 0.29) is 56.4 Å². The second kappa shape index (κ2) is 31.1. The van der Waals surface area contributed by atoms with Crippen molar-refractivity contribution in [2.24, 2.45) is 35.1 Å². The third-order valence-electron chi connectivity index (χ3n) is 10.4. The normalized spacial score (nSPS) is 15.4. The Bertz CT molecular complexity index is 1930. The standard InChI is InChI=1S/C42H69F6N11O14/c1-9-21(8)29(59-32(63)22(11-10-12-52-40(50)51)55-33(64)24(14-19(4)5)56-35(66)28(49)30(61)20(6)7)36(67)57-23(13-18(2)3)31(62)53-15-27(60)54-25(16-72-38(70)41(43,44)45)34(65)58-26(37(68)69)17-73-39(71)42(46,47)48/h18-26,28-30,61H,9-17,49H2,1-8H3,(H,53,62)(H,54,60)(H,55,64)(H,56,66)(H,57,67)(H,58,65)(H,59,63)(H,68,69)(H4,50,51,52)/t21-,22+,23-,24-,25-,26-,28-,29-,30+/m0/s1. The zero-order chi connectivity index (χ0) is 56.7. The Hall–Kier alpha value is -6.53. The third kappa shape index (κ3) is 25.6. The Balaban J connectivity index is 6.52. The fourth-order valence-corrected chi connectivity index (χ4v) is 6.18. The van der Waals surface area contributed by atoms with E-state index in [9.17, 15) is 84.5 Å². The van der Waals surface area contributed by atoms with Crippen LogP contribution in [0.5, 0.6) is 0 Å². The van der Waals surface area contributed by atoms with Crippen LogP contribution in [0.15, 0.2) is 0 Å². The van der Waals surface area contributed by atoms with Crippen LogP contribution < -0.4 is 54.0 Å². The molecule has 0 spiro atoms. The molecule has 0 rings (SSSR count). The van der Waals surface area contributed by atoms with E-state index in [0.717, 1.165) is 0 Å². The molecule has 0 aromatic rings. The Labute approximate surface area is 416 Å². The van der Waals surface area contributed by atoms with Crippen molar-refractivity contribution in [3.63, 3.8) is 0 Å². The number of carbonyl (C=O) groups excluding carboxylic acids is 9. The Morgan fingerprint density at radius 3 is 1.49 bits per heavy atom. The number of hydrogen-bond donors (Lipinski definition) is 13. The second-order valence-electron chi connectivity index (χ2n) is 18.0. The van der Waals surface area contributed by atoms with Crippen LogP contribution in [0.4, 0.5) is 26.3 Å². The van der Waals surface area contributed by atoms with Gasteiger partial charge in [-0.05, 0) is 49.4 Å². The van der Waals surface area contributed by atoms with Crippen molar-refractivity contribution in [1.29, 1.82) is 5.41 Å². The van der Waals surface area contributed by atoms with E-state index in [1.807, 2.05) is 0 Å². The molecule has 15 N–H and O–H groups in total. The van der Waals surface area contributed by atoms with E-state index in [0.29, 0.717) is 0 Å². The third-order valence-corrected chi connectivity index (χ3v) is 10.4. The molecule has 0 radical (unpaired) electrons. The molecule has 0 unspecified atom stereocenters. The van der Waals surface area contributed by atoms with Gasteiger partial charge in [0.2, 0.25) is 41.4 Å². The molecule has 31 heteroatoms. The predicted octanol–water partition coefficient (Wildman–Crippen LogP) is -1.95.